The van der Waals surface area contributed by atoms with Gasteiger partial charge >= 0.3 is 6.03 Å². The molecule has 4 heterocycles. The van der Waals surface area contributed by atoms with Gasteiger partial charge in [0.25, 0.3) is 17.7 Å². The summed E-state index contributed by atoms with van der Waals surface area (Å²) in [6, 6.07) is 7.65. The number of benzene rings is 1. The first-order valence-corrected chi connectivity index (χ1v) is 12.3. The van der Waals surface area contributed by atoms with Gasteiger partial charge in [0.2, 0.25) is 5.54 Å². The van der Waals surface area contributed by atoms with Crippen molar-refractivity contribution in [2.75, 3.05) is 33.9 Å². The number of carbonyl (C=O) groups is 4. The van der Waals surface area contributed by atoms with Gasteiger partial charge in [-0.05, 0) is 55.0 Å². The summed E-state index contributed by atoms with van der Waals surface area (Å²) in [4.78, 5) is 58.9. The Balaban J connectivity index is 1.46. The van der Waals surface area contributed by atoms with Crippen LogP contribution in [0.15, 0.2) is 30.3 Å². The molecule has 0 saturated carbocycles. The van der Waals surface area contributed by atoms with Crippen LogP contribution in [-0.2, 0) is 11.3 Å². The van der Waals surface area contributed by atoms with Crippen LogP contribution in [0, 0.1) is 11.8 Å². The molecule has 5 amide bonds. The number of amides is 5. The van der Waals surface area contributed by atoms with Gasteiger partial charge in [0, 0.05) is 25.2 Å². The molecule has 2 fully saturated rings. The molecule has 0 bridgehead atoms. The summed E-state index contributed by atoms with van der Waals surface area (Å²) in [5.74, 6) is 5.32. The number of ether oxygens (including phenoxy) is 2. The first-order chi connectivity index (χ1) is 18.3. The van der Waals surface area contributed by atoms with Crippen molar-refractivity contribution < 1.29 is 28.7 Å². The number of nitrogens with zero attached hydrogens (tertiary/aromatic N) is 3. The Morgan fingerprint density at radius 2 is 1.87 bits per heavy atom. The fraction of sp³-hybridized carbons (Fsp3) is 0.370. The maximum atomic E-state index is 13.1. The molecule has 1 aromatic carbocycles. The van der Waals surface area contributed by atoms with Gasteiger partial charge in [-0.25, -0.2) is 9.78 Å². The van der Waals surface area contributed by atoms with Crippen LogP contribution in [-0.4, -0.2) is 77.9 Å². The van der Waals surface area contributed by atoms with Crippen LogP contribution in [0.1, 0.15) is 51.4 Å². The van der Waals surface area contributed by atoms with Gasteiger partial charge in [0.1, 0.15) is 11.4 Å². The summed E-state index contributed by atoms with van der Waals surface area (Å²) in [6.07, 6.45) is 2.97. The summed E-state index contributed by atoms with van der Waals surface area (Å²) in [7, 11) is 2.96. The van der Waals surface area contributed by atoms with Gasteiger partial charge in [0.15, 0.2) is 11.4 Å². The number of methoxy groups -OCH3 is 2. The molecule has 0 spiro atoms. The lowest BCUT2D eigenvalue weighted by Gasteiger charge is -2.26. The van der Waals surface area contributed by atoms with E-state index in [-0.39, 0.29) is 36.3 Å². The molecule has 2 N–H and O–H groups in total. The van der Waals surface area contributed by atoms with Gasteiger partial charge in [-0.1, -0.05) is 12.0 Å². The third-order valence-corrected chi connectivity index (χ3v) is 6.90. The Hall–Kier alpha value is -4.59. The molecule has 38 heavy (non-hydrogen) atoms. The second kappa shape index (κ2) is 10.0. The van der Waals surface area contributed by atoms with Crippen molar-refractivity contribution in [3.8, 4) is 23.3 Å². The molecule has 2 saturated heterocycles. The van der Waals surface area contributed by atoms with Crippen molar-refractivity contribution >= 4 is 23.8 Å². The van der Waals surface area contributed by atoms with Crippen LogP contribution < -0.4 is 20.1 Å². The molecule has 1 atom stereocenters. The lowest BCUT2D eigenvalue weighted by molar-refractivity contribution is -0.122. The van der Waals surface area contributed by atoms with Gasteiger partial charge in [-0.3, -0.25) is 19.7 Å². The molecular formula is C27H27N5O6. The van der Waals surface area contributed by atoms with Crippen LogP contribution in [0.5, 0.6) is 11.5 Å². The number of nitrogens with one attached hydrogen (secondary N) is 2. The minimum atomic E-state index is -1.72. The van der Waals surface area contributed by atoms with Gasteiger partial charge in [0.05, 0.1) is 20.8 Å². The Kier molecular flexibility index (Phi) is 6.63. The number of imide groups is 1. The van der Waals surface area contributed by atoms with E-state index in [4.69, 9.17) is 9.47 Å². The van der Waals surface area contributed by atoms with Gasteiger partial charge in [-0.2, -0.15) is 0 Å². The number of hydrogen-bond donors (Lipinski definition) is 2. The number of hydrogen-bond acceptors (Lipinski definition) is 7. The molecule has 11 nitrogen and oxygen atoms in total. The summed E-state index contributed by atoms with van der Waals surface area (Å²) < 4.78 is 10.6. The Bertz CT molecular complexity index is 1390. The predicted molar refractivity (Wildman–Crippen MR) is 135 cm³/mol. The first kappa shape index (κ1) is 25.1. The molecule has 3 aliphatic rings. The predicted octanol–water partition coefficient (Wildman–Crippen LogP) is 1.31. The molecule has 2 aromatic rings. The highest BCUT2D eigenvalue weighted by molar-refractivity contribution is 6.10. The monoisotopic (exact) mass is 517 g/mol. The molecule has 5 rings (SSSR count). The zero-order valence-corrected chi connectivity index (χ0v) is 21.1. The highest BCUT2D eigenvalue weighted by atomic mass is 16.5. The average Bonchev–Trinajstić information content (AvgIpc) is 3.40. The molecule has 3 aliphatic heterocycles. The van der Waals surface area contributed by atoms with E-state index in [1.165, 1.54) is 19.1 Å². The number of piperidine rings is 1. The van der Waals surface area contributed by atoms with E-state index in [9.17, 15) is 19.2 Å². The fourth-order valence-corrected chi connectivity index (χ4v) is 4.86. The molecule has 0 radical (unpaired) electrons. The van der Waals surface area contributed by atoms with Gasteiger partial charge in [-0.15, -0.1) is 0 Å². The lowest BCUT2D eigenvalue weighted by Crippen LogP contribution is -2.54. The molecule has 0 unspecified atom stereocenters. The van der Waals surface area contributed by atoms with E-state index in [1.807, 2.05) is 0 Å². The van der Waals surface area contributed by atoms with Crippen LogP contribution in [0.25, 0.3) is 0 Å². The number of likely N-dealkylation sites (tertiary alicyclic amines) is 1. The Morgan fingerprint density at radius 3 is 2.55 bits per heavy atom. The number of aromatic nitrogens is 1. The van der Waals surface area contributed by atoms with E-state index in [0.717, 1.165) is 24.8 Å². The topological polar surface area (TPSA) is 130 Å². The van der Waals surface area contributed by atoms with Crippen molar-refractivity contribution in [1.29, 1.82) is 0 Å². The Morgan fingerprint density at radius 1 is 1.08 bits per heavy atom. The van der Waals surface area contributed by atoms with Gasteiger partial charge < -0.3 is 24.6 Å². The summed E-state index contributed by atoms with van der Waals surface area (Å²) >= 11 is 0. The number of rotatable bonds is 5. The average molecular weight is 518 g/mol. The zero-order chi connectivity index (χ0) is 26.9. The van der Waals surface area contributed by atoms with Crippen LogP contribution >= 0.6 is 0 Å². The molecule has 1 aromatic heterocycles. The third-order valence-electron chi connectivity index (χ3n) is 6.90. The highest BCUT2D eigenvalue weighted by Crippen LogP contribution is 2.28. The summed E-state index contributed by atoms with van der Waals surface area (Å²) in [5.41, 5.74) is -0.131. The van der Waals surface area contributed by atoms with Crippen molar-refractivity contribution in [1.82, 2.24) is 25.4 Å². The van der Waals surface area contributed by atoms with Crippen LogP contribution in [0.2, 0.25) is 0 Å². The Labute approximate surface area is 219 Å². The number of carbonyl (C=O) groups excluding carboxylic acids is 4. The molecule has 11 heteroatoms. The van der Waals surface area contributed by atoms with Crippen LogP contribution in [0.3, 0.4) is 0 Å². The largest absolute Gasteiger partial charge is 0.497 e. The van der Waals surface area contributed by atoms with Crippen molar-refractivity contribution in [2.24, 2.45) is 0 Å². The normalized spacial score (nSPS) is 20.3. The van der Waals surface area contributed by atoms with E-state index in [1.54, 1.807) is 35.2 Å². The van der Waals surface area contributed by atoms with E-state index in [2.05, 4.69) is 27.5 Å². The number of fused-ring (bicyclic) bond motifs is 1. The van der Waals surface area contributed by atoms with Crippen molar-refractivity contribution in [3.05, 3.63) is 52.8 Å². The minimum absolute atomic E-state index is 0.143. The van der Waals surface area contributed by atoms with Crippen molar-refractivity contribution in [3.63, 3.8) is 0 Å². The standard InChI is InChI=1S/C27H27N5O6/c1-37-18-7-6-17-15-32(23(33)19(17)14-18)16-27(25(35)29-26(36)30-27)11-10-20-22(38-2)9-8-21(28-20)24(34)31-12-4-3-5-13-31/h6-9,14H,3-5,12-13,15-16H2,1-2H3,(H2,29,30,35,36)/t27-/m1/s1. The summed E-state index contributed by atoms with van der Waals surface area (Å²) in [6.45, 7) is 1.39. The SMILES string of the molecule is COc1ccc2c(c1)C(=O)N(C[C@@]1(C#Cc3nc(C(=O)N4CCCCC4)ccc3OC)NC(=O)NC1=O)C2. The molecule has 196 valence electrons. The lowest BCUT2D eigenvalue weighted by atomic mass is 9.99. The first-order valence-electron chi connectivity index (χ1n) is 12.3. The molecule has 0 aliphatic carbocycles. The summed E-state index contributed by atoms with van der Waals surface area (Å²) in [5, 5.41) is 4.79. The minimum Gasteiger partial charge on any atom is -0.497 e. The maximum absolute atomic E-state index is 13.1. The van der Waals surface area contributed by atoms with Crippen molar-refractivity contribution in [2.45, 2.75) is 31.3 Å². The zero-order valence-electron chi connectivity index (χ0n) is 21.1. The number of pyridine rings is 1. The van der Waals surface area contributed by atoms with E-state index < -0.39 is 17.5 Å². The maximum Gasteiger partial charge on any atom is 0.323 e. The van der Waals surface area contributed by atoms with Crippen LogP contribution in [0.4, 0.5) is 4.79 Å². The quantitative estimate of drug-likeness (QED) is 0.452. The second-order valence-electron chi connectivity index (χ2n) is 9.35. The van der Waals surface area contributed by atoms with E-state index in [0.29, 0.717) is 30.2 Å². The van der Waals surface area contributed by atoms with E-state index >= 15 is 0 Å². The number of urea groups is 1. The highest BCUT2D eigenvalue weighted by Gasteiger charge is 2.48. The molecular weight excluding hydrogens is 490 g/mol. The fourth-order valence-electron chi connectivity index (χ4n) is 4.86. The third kappa shape index (κ3) is 4.61. The smallest absolute Gasteiger partial charge is 0.323 e. The second-order valence-corrected chi connectivity index (χ2v) is 9.35.